The minimum Gasteiger partial charge on any atom is -0.493 e. The Bertz CT molecular complexity index is 1620. The fourth-order valence-electron chi connectivity index (χ4n) is 6.00. The van der Waals surface area contributed by atoms with Crippen LogP contribution < -0.4 is 20.7 Å². The minimum absolute atomic E-state index is 0.0205. The van der Waals surface area contributed by atoms with E-state index in [0.717, 1.165) is 17.5 Å². The van der Waals surface area contributed by atoms with Crippen molar-refractivity contribution in [3.63, 3.8) is 0 Å². The van der Waals surface area contributed by atoms with Crippen LogP contribution in [-0.2, 0) is 19.1 Å². The van der Waals surface area contributed by atoms with Crippen molar-refractivity contribution < 1.29 is 33.4 Å². The maximum atomic E-state index is 13.8. The monoisotopic (exact) mass is 647 g/mol. The van der Waals surface area contributed by atoms with Crippen LogP contribution in [0.25, 0.3) is 10.9 Å². The van der Waals surface area contributed by atoms with E-state index in [0.29, 0.717) is 48.5 Å². The summed E-state index contributed by atoms with van der Waals surface area (Å²) in [5.41, 5.74) is 3.16. The highest BCUT2D eigenvalue weighted by atomic mass is 16.5. The number of esters is 1. The van der Waals surface area contributed by atoms with Gasteiger partial charge in [-0.15, -0.1) is 0 Å². The van der Waals surface area contributed by atoms with Gasteiger partial charge in [-0.2, -0.15) is 0 Å². The van der Waals surface area contributed by atoms with Gasteiger partial charge in [0.2, 0.25) is 11.8 Å². The molecule has 1 aliphatic heterocycles. The number of piperidine rings is 1. The van der Waals surface area contributed by atoms with Gasteiger partial charge in [0, 0.05) is 29.1 Å². The lowest BCUT2D eigenvalue weighted by Gasteiger charge is -2.28. The second kappa shape index (κ2) is 15.7. The van der Waals surface area contributed by atoms with E-state index < -0.39 is 48.2 Å². The molecule has 2 aromatic heterocycles. The predicted molar refractivity (Wildman–Crippen MR) is 176 cm³/mol. The number of ketones is 1. The molecule has 47 heavy (non-hydrogen) atoms. The lowest BCUT2D eigenvalue weighted by molar-refractivity contribution is -0.133. The smallest absolute Gasteiger partial charge is 0.340 e. The SMILES string of the molecule is CCOc1cccc2[nH]c(C(=O)N[C@@H](CC(C)C)C(=O)N[C@@H](CC3CCCNC3=O)C(=O)COC(=O)c3c(C)cc(C)nc3C)cc12. The Morgan fingerprint density at radius 1 is 1.06 bits per heavy atom. The molecule has 1 saturated heterocycles. The van der Waals surface area contributed by atoms with Gasteiger partial charge in [-0.3, -0.25) is 24.2 Å². The van der Waals surface area contributed by atoms with Crippen molar-refractivity contribution in [2.75, 3.05) is 19.8 Å². The summed E-state index contributed by atoms with van der Waals surface area (Å²) in [6, 6.07) is 6.79. The molecule has 12 heteroatoms. The van der Waals surface area contributed by atoms with Crippen LogP contribution >= 0.6 is 0 Å². The summed E-state index contributed by atoms with van der Waals surface area (Å²) in [5.74, 6) is -2.38. The van der Waals surface area contributed by atoms with E-state index >= 15 is 0 Å². The van der Waals surface area contributed by atoms with Crippen LogP contribution in [-0.4, -0.2) is 71.3 Å². The van der Waals surface area contributed by atoms with Crippen LogP contribution in [0.4, 0.5) is 0 Å². The number of rotatable bonds is 14. The van der Waals surface area contributed by atoms with Gasteiger partial charge < -0.3 is 30.4 Å². The number of carbonyl (C=O) groups excluding carboxylic acids is 5. The van der Waals surface area contributed by atoms with Gasteiger partial charge in [0.1, 0.15) is 17.5 Å². The Labute approximate surface area is 274 Å². The lowest BCUT2D eigenvalue weighted by Crippen LogP contribution is -2.54. The number of nitrogens with one attached hydrogen (secondary N) is 4. The molecule has 3 aromatic rings. The number of Topliss-reactive ketones (excluding diaryl/α,β-unsaturated/α-hetero) is 1. The van der Waals surface area contributed by atoms with Crippen molar-refractivity contribution >= 4 is 40.4 Å². The molecule has 12 nitrogen and oxygen atoms in total. The molecule has 3 amide bonds. The molecule has 3 heterocycles. The summed E-state index contributed by atoms with van der Waals surface area (Å²) < 4.78 is 11.1. The molecule has 3 atom stereocenters. The first-order chi connectivity index (χ1) is 22.4. The first kappa shape index (κ1) is 35.1. The highest BCUT2D eigenvalue weighted by molar-refractivity contribution is 6.02. The molecular weight excluding hydrogens is 602 g/mol. The van der Waals surface area contributed by atoms with E-state index in [9.17, 15) is 24.0 Å². The van der Waals surface area contributed by atoms with Gasteiger partial charge in [0.25, 0.3) is 5.91 Å². The second-order valence-corrected chi connectivity index (χ2v) is 12.5. The zero-order valence-electron chi connectivity index (χ0n) is 28.0. The number of carbonyl (C=O) groups is 5. The van der Waals surface area contributed by atoms with E-state index in [1.165, 1.54) is 0 Å². The Hall–Kier alpha value is -4.74. The number of aromatic nitrogens is 2. The maximum Gasteiger partial charge on any atom is 0.340 e. The number of hydrogen-bond acceptors (Lipinski definition) is 8. The molecule has 0 saturated carbocycles. The highest BCUT2D eigenvalue weighted by Gasteiger charge is 2.33. The van der Waals surface area contributed by atoms with Crippen molar-refractivity contribution in [2.45, 2.75) is 79.3 Å². The third kappa shape index (κ3) is 8.96. The van der Waals surface area contributed by atoms with Crippen LogP contribution in [0, 0.1) is 32.6 Å². The Kier molecular flexibility index (Phi) is 11.7. The van der Waals surface area contributed by atoms with E-state index in [2.05, 4.69) is 25.9 Å². The maximum absolute atomic E-state index is 13.8. The van der Waals surface area contributed by atoms with Crippen LogP contribution in [0.2, 0.25) is 0 Å². The fourth-order valence-corrected chi connectivity index (χ4v) is 6.00. The zero-order valence-corrected chi connectivity index (χ0v) is 28.0. The highest BCUT2D eigenvalue weighted by Crippen LogP contribution is 2.27. The zero-order chi connectivity index (χ0) is 34.2. The average molecular weight is 648 g/mol. The number of fused-ring (bicyclic) bond motifs is 1. The number of aryl methyl sites for hydroxylation is 3. The lowest BCUT2D eigenvalue weighted by atomic mass is 9.90. The van der Waals surface area contributed by atoms with Gasteiger partial charge in [-0.1, -0.05) is 19.9 Å². The van der Waals surface area contributed by atoms with Crippen LogP contribution in [0.3, 0.4) is 0 Å². The Morgan fingerprint density at radius 2 is 1.83 bits per heavy atom. The van der Waals surface area contributed by atoms with Gasteiger partial charge in [-0.05, 0) is 89.1 Å². The number of pyridine rings is 1. The standard InChI is InChI=1S/C35H45N5O7/c1-7-46-30-12-8-11-25-24(30)17-28(38-25)34(44)40-27(14-19(2)3)33(43)39-26(16-23-10-9-13-36-32(23)42)29(41)18-47-35(45)31-20(4)15-21(5)37-22(31)6/h8,11-12,15,17,19,23,26-27,38H,7,9-10,13-14,16,18H2,1-6H3,(H,36,42)(H,39,43)(H,40,44)/t23?,26-,27-/m0/s1. The number of hydrogen-bond donors (Lipinski definition) is 4. The normalized spacial score (nSPS) is 15.9. The molecule has 1 unspecified atom stereocenters. The van der Waals surface area contributed by atoms with Gasteiger partial charge in [0.15, 0.2) is 12.4 Å². The second-order valence-electron chi connectivity index (χ2n) is 12.5. The van der Waals surface area contributed by atoms with E-state index in [1.807, 2.05) is 45.9 Å². The first-order valence-electron chi connectivity index (χ1n) is 16.2. The van der Waals surface area contributed by atoms with Gasteiger partial charge in [0.05, 0.1) is 23.9 Å². The molecule has 0 bridgehead atoms. The topological polar surface area (TPSA) is 169 Å². The molecule has 1 aromatic carbocycles. The molecule has 0 aliphatic carbocycles. The Balaban J connectivity index is 1.51. The largest absolute Gasteiger partial charge is 0.493 e. The van der Waals surface area contributed by atoms with E-state index in [-0.39, 0.29) is 29.5 Å². The molecule has 1 aliphatic rings. The number of aromatic amines is 1. The summed E-state index contributed by atoms with van der Waals surface area (Å²) >= 11 is 0. The fraction of sp³-hybridized carbons (Fsp3) is 0.486. The summed E-state index contributed by atoms with van der Waals surface area (Å²) in [7, 11) is 0. The number of nitrogens with zero attached hydrogens (tertiary/aromatic N) is 1. The summed E-state index contributed by atoms with van der Waals surface area (Å²) in [6.45, 7) is 11.4. The summed E-state index contributed by atoms with van der Waals surface area (Å²) in [5, 5.41) is 9.14. The third-order valence-corrected chi connectivity index (χ3v) is 8.20. The van der Waals surface area contributed by atoms with E-state index in [1.54, 1.807) is 26.0 Å². The molecule has 0 radical (unpaired) electrons. The Morgan fingerprint density at radius 3 is 2.51 bits per heavy atom. The van der Waals surface area contributed by atoms with Crippen LogP contribution in [0.15, 0.2) is 30.3 Å². The molecular formula is C35H45N5O7. The van der Waals surface area contributed by atoms with Crippen molar-refractivity contribution in [1.82, 2.24) is 25.9 Å². The van der Waals surface area contributed by atoms with Gasteiger partial charge >= 0.3 is 5.97 Å². The predicted octanol–water partition coefficient (Wildman–Crippen LogP) is 3.86. The van der Waals surface area contributed by atoms with E-state index in [4.69, 9.17) is 9.47 Å². The molecule has 4 N–H and O–H groups in total. The number of benzene rings is 1. The van der Waals surface area contributed by atoms with Gasteiger partial charge in [-0.25, -0.2) is 4.79 Å². The van der Waals surface area contributed by atoms with Crippen molar-refractivity contribution in [3.05, 3.63) is 58.5 Å². The number of H-pyrrole nitrogens is 1. The summed E-state index contributed by atoms with van der Waals surface area (Å²) in [6.07, 6.45) is 1.61. The van der Waals surface area contributed by atoms with Crippen LogP contribution in [0.1, 0.15) is 84.3 Å². The third-order valence-electron chi connectivity index (χ3n) is 8.20. The van der Waals surface area contributed by atoms with Crippen molar-refractivity contribution in [1.29, 1.82) is 0 Å². The molecule has 1 fully saturated rings. The molecule has 252 valence electrons. The quantitative estimate of drug-likeness (QED) is 0.191. The first-order valence-corrected chi connectivity index (χ1v) is 16.2. The average Bonchev–Trinajstić information content (AvgIpc) is 3.45. The van der Waals surface area contributed by atoms with Crippen molar-refractivity contribution in [2.24, 2.45) is 11.8 Å². The molecule has 0 spiro atoms. The number of ether oxygens (including phenoxy) is 2. The number of amides is 3. The minimum atomic E-state index is -1.13. The van der Waals surface area contributed by atoms with Crippen molar-refractivity contribution in [3.8, 4) is 5.75 Å². The van der Waals surface area contributed by atoms with Crippen LogP contribution in [0.5, 0.6) is 5.75 Å². The summed E-state index contributed by atoms with van der Waals surface area (Å²) in [4.78, 5) is 73.7. The molecule has 4 rings (SSSR count).